The molecule has 1 aromatic heterocycles. The third-order valence-electron chi connectivity index (χ3n) is 5.74. The molecule has 0 atom stereocenters. The number of hydrogen-bond acceptors (Lipinski definition) is 2. The summed E-state index contributed by atoms with van der Waals surface area (Å²) in [5, 5.41) is 0.510. The zero-order valence-electron chi connectivity index (χ0n) is 16.1. The molecule has 152 valence electrons. The highest BCUT2D eigenvalue weighted by Gasteiger charge is 2.35. The number of ketones is 1. The highest BCUT2D eigenvalue weighted by Crippen LogP contribution is 2.49. The van der Waals surface area contributed by atoms with Crippen molar-refractivity contribution < 1.29 is 22.7 Å². The van der Waals surface area contributed by atoms with Crippen LogP contribution in [-0.2, 0) is 9.53 Å². The van der Waals surface area contributed by atoms with Gasteiger partial charge in [0.15, 0.2) is 0 Å². The first-order chi connectivity index (χ1) is 14.0. The lowest BCUT2D eigenvalue weighted by Gasteiger charge is -2.36. The molecule has 1 N–H and O–H groups in total. The van der Waals surface area contributed by atoms with Gasteiger partial charge < -0.3 is 9.72 Å². The maximum atomic E-state index is 14.4. The van der Waals surface area contributed by atoms with Crippen LogP contribution in [0.4, 0.5) is 13.2 Å². The van der Waals surface area contributed by atoms with Crippen molar-refractivity contribution in [2.75, 3.05) is 13.7 Å². The monoisotopic (exact) mass is 401 g/mol. The zero-order chi connectivity index (χ0) is 20.5. The van der Waals surface area contributed by atoms with Gasteiger partial charge in [-0.3, -0.25) is 4.79 Å². The van der Waals surface area contributed by atoms with Crippen LogP contribution in [0.5, 0.6) is 0 Å². The number of benzene rings is 2. The van der Waals surface area contributed by atoms with E-state index in [1.165, 1.54) is 18.2 Å². The summed E-state index contributed by atoms with van der Waals surface area (Å²) >= 11 is 0. The van der Waals surface area contributed by atoms with Gasteiger partial charge in [-0.25, -0.2) is 13.2 Å². The van der Waals surface area contributed by atoms with Gasteiger partial charge in [0, 0.05) is 31.4 Å². The molecule has 0 aliphatic heterocycles. The van der Waals surface area contributed by atoms with E-state index in [9.17, 15) is 18.0 Å². The maximum absolute atomic E-state index is 14.4. The van der Waals surface area contributed by atoms with Crippen molar-refractivity contribution >= 4 is 16.7 Å². The molecular formula is C23H22F3NO2. The van der Waals surface area contributed by atoms with E-state index in [0.717, 1.165) is 30.0 Å². The summed E-state index contributed by atoms with van der Waals surface area (Å²) in [7, 11) is 1.57. The Kier molecular flexibility index (Phi) is 5.46. The van der Waals surface area contributed by atoms with Crippen molar-refractivity contribution in [3.05, 3.63) is 59.4 Å². The Morgan fingerprint density at radius 2 is 1.83 bits per heavy atom. The number of aromatic amines is 1. The van der Waals surface area contributed by atoms with Crippen LogP contribution < -0.4 is 0 Å². The largest absolute Gasteiger partial charge is 0.384 e. The molecule has 0 bridgehead atoms. The van der Waals surface area contributed by atoms with E-state index >= 15 is 0 Å². The Bertz CT molecular complexity index is 1040. The van der Waals surface area contributed by atoms with Crippen LogP contribution in [0.25, 0.3) is 22.2 Å². The number of hydrogen-bond donors (Lipinski definition) is 1. The Balaban J connectivity index is 1.65. The third-order valence-corrected chi connectivity index (χ3v) is 5.74. The summed E-state index contributed by atoms with van der Waals surface area (Å²) in [5.74, 6) is -1.13. The van der Waals surface area contributed by atoms with E-state index in [2.05, 4.69) is 4.98 Å². The Labute approximate surface area is 166 Å². The number of carbonyl (C=O) groups excluding carboxylic acids is 1. The molecule has 0 radical (unpaired) electrons. The standard InChI is InChI=1S/C23H22F3NO2/c1-29-7-6-18(28)10-13-8-15(9-13)21-19-11-17(25)12-20(26)23(19)27-22(21)14-2-4-16(24)5-3-14/h2-5,11-13,15,27H,6-10H2,1H3/t13-,15-. The molecule has 0 saturated heterocycles. The lowest BCUT2D eigenvalue weighted by molar-refractivity contribution is -0.121. The minimum absolute atomic E-state index is 0.0882. The second-order valence-electron chi connectivity index (χ2n) is 7.75. The Morgan fingerprint density at radius 3 is 2.52 bits per heavy atom. The number of ether oxygens (including phenoxy) is 1. The predicted octanol–water partition coefficient (Wildman–Crippen LogP) is 5.74. The molecule has 1 heterocycles. The average Bonchev–Trinajstić information content (AvgIpc) is 3.02. The van der Waals surface area contributed by atoms with Crippen LogP contribution >= 0.6 is 0 Å². The van der Waals surface area contributed by atoms with Crippen LogP contribution in [0, 0.1) is 23.4 Å². The molecule has 1 saturated carbocycles. The van der Waals surface area contributed by atoms with Crippen molar-refractivity contribution in [2.45, 2.75) is 31.6 Å². The van der Waals surface area contributed by atoms with Gasteiger partial charge in [0.1, 0.15) is 23.2 Å². The van der Waals surface area contributed by atoms with Gasteiger partial charge in [0.2, 0.25) is 0 Å². The number of carbonyl (C=O) groups is 1. The van der Waals surface area contributed by atoms with Crippen molar-refractivity contribution in [1.82, 2.24) is 4.98 Å². The van der Waals surface area contributed by atoms with Gasteiger partial charge in [-0.2, -0.15) is 0 Å². The van der Waals surface area contributed by atoms with Gasteiger partial charge in [-0.05, 0) is 66.1 Å². The van der Waals surface area contributed by atoms with Gasteiger partial charge in [0.05, 0.1) is 17.8 Å². The van der Waals surface area contributed by atoms with Gasteiger partial charge in [-0.15, -0.1) is 0 Å². The normalized spacial score (nSPS) is 18.8. The number of methoxy groups -OCH3 is 1. The van der Waals surface area contributed by atoms with Crippen molar-refractivity contribution in [1.29, 1.82) is 0 Å². The fourth-order valence-electron chi connectivity index (χ4n) is 4.29. The number of aromatic nitrogens is 1. The lowest BCUT2D eigenvalue weighted by Crippen LogP contribution is -2.25. The number of nitrogens with one attached hydrogen (secondary N) is 1. The Hall–Kier alpha value is -2.60. The van der Waals surface area contributed by atoms with Crippen molar-refractivity contribution in [2.24, 2.45) is 5.92 Å². The first kappa shape index (κ1) is 19.7. The lowest BCUT2D eigenvalue weighted by atomic mass is 9.68. The predicted molar refractivity (Wildman–Crippen MR) is 105 cm³/mol. The number of H-pyrrole nitrogens is 1. The number of rotatable bonds is 7. The summed E-state index contributed by atoms with van der Waals surface area (Å²) in [4.78, 5) is 15.1. The topological polar surface area (TPSA) is 42.1 Å². The zero-order valence-corrected chi connectivity index (χ0v) is 16.1. The quantitative estimate of drug-likeness (QED) is 0.548. The fraction of sp³-hybridized carbons (Fsp3) is 0.348. The highest BCUT2D eigenvalue weighted by molar-refractivity contribution is 5.92. The highest BCUT2D eigenvalue weighted by atomic mass is 19.1. The number of halogens is 3. The molecule has 3 aromatic rings. The average molecular weight is 401 g/mol. The second-order valence-corrected chi connectivity index (χ2v) is 7.75. The summed E-state index contributed by atoms with van der Waals surface area (Å²) in [6, 6.07) is 8.15. The van der Waals surface area contributed by atoms with E-state index < -0.39 is 11.6 Å². The molecule has 29 heavy (non-hydrogen) atoms. The van der Waals surface area contributed by atoms with Gasteiger partial charge in [0.25, 0.3) is 0 Å². The van der Waals surface area contributed by atoms with Crippen LogP contribution in [0.2, 0.25) is 0 Å². The molecule has 1 aliphatic rings. The molecule has 0 amide bonds. The summed E-state index contributed by atoms with van der Waals surface area (Å²) in [6.45, 7) is 0.421. The first-order valence-electron chi connectivity index (χ1n) is 9.73. The van der Waals surface area contributed by atoms with Crippen LogP contribution in [0.1, 0.15) is 37.2 Å². The molecule has 3 nitrogen and oxygen atoms in total. The van der Waals surface area contributed by atoms with Crippen molar-refractivity contribution in [3.63, 3.8) is 0 Å². The van der Waals surface area contributed by atoms with E-state index in [1.807, 2.05) is 0 Å². The summed E-state index contributed by atoms with van der Waals surface area (Å²) in [6.07, 6.45) is 2.45. The molecule has 4 rings (SSSR count). The minimum Gasteiger partial charge on any atom is -0.384 e. The second kappa shape index (κ2) is 8.03. The smallest absolute Gasteiger partial charge is 0.150 e. The fourth-order valence-corrected chi connectivity index (χ4v) is 4.29. The molecule has 1 fully saturated rings. The minimum atomic E-state index is -0.653. The molecule has 2 aromatic carbocycles. The SMILES string of the molecule is COCCC(=O)C[C@H]1C[C@H](c2c(-c3ccc(F)cc3)[nH]c3c(F)cc(F)cc32)C1. The van der Waals surface area contributed by atoms with Gasteiger partial charge >= 0.3 is 0 Å². The summed E-state index contributed by atoms with van der Waals surface area (Å²) in [5.41, 5.74) is 2.49. The van der Waals surface area contributed by atoms with E-state index in [0.29, 0.717) is 30.5 Å². The van der Waals surface area contributed by atoms with Crippen LogP contribution in [0.3, 0.4) is 0 Å². The van der Waals surface area contributed by atoms with E-state index in [4.69, 9.17) is 4.74 Å². The molecular weight excluding hydrogens is 379 g/mol. The molecule has 6 heteroatoms. The van der Waals surface area contributed by atoms with Crippen LogP contribution in [0.15, 0.2) is 36.4 Å². The molecule has 0 unspecified atom stereocenters. The maximum Gasteiger partial charge on any atom is 0.150 e. The van der Waals surface area contributed by atoms with E-state index in [-0.39, 0.29) is 29.0 Å². The molecule has 0 spiro atoms. The number of fused-ring (bicyclic) bond motifs is 1. The molecule has 1 aliphatic carbocycles. The van der Waals surface area contributed by atoms with Gasteiger partial charge in [-0.1, -0.05) is 0 Å². The van der Waals surface area contributed by atoms with E-state index in [1.54, 1.807) is 19.2 Å². The summed E-state index contributed by atoms with van der Waals surface area (Å²) < 4.78 is 46.6. The third kappa shape index (κ3) is 3.94. The van der Waals surface area contributed by atoms with Crippen molar-refractivity contribution in [3.8, 4) is 11.3 Å². The van der Waals surface area contributed by atoms with Crippen LogP contribution in [-0.4, -0.2) is 24.5 Å². The number of Topliss-reactive ketones (excluding diaryl/α,β-unsaturated/α-hetero) is 1. The first-order valence-corrected chi connectivity index (χ1v) is 9.73. The Morgan fingerprint density at radius 1 is 1.10 bits per heavy atom.